The summed E-state index contributed by atoms with van der Waals surface area (Å²) in [5.41, 5.74) is 5.03. The van der Waals surface area contributed by atoms with Gasteiger partial charge in [-0.3, -0.25) is 4.79 Å². The molecule has 0 aliphatic rings. The smallest absolute Gasteiger partial charge is 0.283 e. The van der Waals surface area contributed by atoms with E-state index in [9.17, 15) is 4.79 Å². The number of hydrogen-bond acceptors (Lipinski definition) is 2. The molecule has 0 aliphatic heterocycles. The largest absolute Gasteiger partial charge is 0.364 e. The zero-order chi connectivity index (χ0) is 8.97. The average molecular weight is 182 g/mol. The van der Waals surface area contributed by atoms with E-state index in [0.29, 0.717) is 0 Å². The Morgan fingerprint density at radius 3 is 3.08 bits per heavy atom. The van der Waals surface area contributed by atoms with Gasteiger partial charge in [-0.1, -0.05) is 0 Å². The third kappa shape index (κ3) is 2.54. The van der Waals surface area contributed by atoms with Crippen LogP contribution >= 0.6 is 11.8 Å². The van der Waals surface area contributed by atoms with Crippen molar-refractivity contribution in [3.63, 3.8) is 0 Å². The minimum Gasteiger partial charge on any atom is -0.364 e. The second-order valence-corrected chi connectivity index (χ2v) is 3.08. The van der Waals surface area contributed by atoms with Crippen LogP contribution in [-0.2, 0) is 11.3 Å². The van der Waals surface area contributed by atoms with Crippen molar-refractivity contribution >= 4 is 17.7 Å². The fourth-order valence-electron chi connectivity index (χ4n) is 0.862. The average Bonchev–Trinajstić information content (AvgIpc) is 2.03. The summed E-state index contributed by atoms with van der Waals surface area (Å²) in [5.74, 6) is -0.341. The van der Waals surface area contributed by atoms with E-state index in [1.165, 1.54) is 11.8 Å². The Balaban J connectivity index is 2.79. The molecular formula is C8H10N2OS+. The van der Waals surface area contributed by atoms with Gasteiger partial charge in [-0.2, -0.15) is 4.57 Å². The molecule has 0 unspecified atom stereocenters. The summed E-state index contributed by atoms with van der Waals surface area (Å²) in [6, 6.07) is 3.78. The van der Waals surface area contributed by atoms with Crippen LogP contribution in [0.4, 0.5) is 0 Å². The van der Waals surface area contributed by atoms with Gasteiger partial charge < -0.3 is 5.73 Å². The SMILES string of the molecule is [CH2]Sc1ccc[n+](CC(N)=O)c1. The van der Waals surface area contributed by atoms with Gasteiger partial charge in [0.15, 0.2) is 12.4 Å². The standard InChI is InChI=1S/C8H9N2OS/c1-12-7-3-2-4-10(5-7)6-8(9)11/h2-5H,1,6H2,(H-,9,11)/p+1. The van der Waals surface area contributed by atoms with Crippen LogP contribution in [0.15, 0.2) is 29.4 Å². The lowest BCUT2D eigenvalue weighted by Gasteiger charge is -1.94. The van der Waals surface area contributed by atoms with Crippen molar-refractivity contribution in [3.05, 3.63) is 30.8 Å². The molecule has 1 aromatic rings. The number of amides is 1. The van der Waals surface area contributed by atoms with Gasteiger partial charge in [0.1, 0.15) is 0 Å². The third-order valence-corrected chi connectivity index (χ3v) is 1.91. The zero-order valence-electron chi connectivity index (χ0n) is 6.56. The molecule has 3 nitrogen and oxygen atoms in total. The molecule has 0 aromatic carbocycles. The van der Waals surface area contributed by atoms with E-state index in [-0.39, 0.29) is 12.5 Å². The minimum atomic E-state index is -0.341. The Hall–Kier alpha value is -1.03. The molecule has 0 fully saturated rings. The summed E-state index contributed by atoms with van der Waals surface area (Å²) >= 11 is 1.39. The summed E-state index contributed by atoms with van der Waals surface area (Å²) in [5, 5.41) is 0. The third-order valence-electron chi connectivity index (χ3n) is 1.34. The monoisotopic (exact) mass is 182 g/mol. The van der Waals surface area contributed by atoms with E-state index in [1.54, 1.807) is 10.8 Å². The molecule has 0 spiro atoms. The molecule has 0 saturated heterocycles. The first-order valence-electron chi connectivity index (χ1n) is 3.42. The molecule has 4 heteroatoms. The van der Waals surface area contributed by atoms with Crippen LogP contribution in [0.5, 0.6) is 0 Å². The van der Waals surface area contributed by atoms with Crippen LogP contribution in [-0.4, -0.2) is 5.91 Å². The van der Waals surface area contributed by atoms with Gasteiger partial charge >= 0.3 is 0 Å². The van der Waals surface area contributed by atoms with Gasteiger partial charge in [-0.25, -0.2) is 0 Å². The summed E-state index contributed by atoms with van der Waals surface area (Å²) in [6.07, 6.45) is 7.30. The molecular weight excluding hydrogens is 172 g/mol. The lowest BCUT2D eigenvalue weighted by Crippen LogP contribution is -2.40. The molecule has 1 amide bonds. The van der Waals surface area contributed by atoms with Crippen LogP contribution in [0.2, 0.25) is 0 Å². The lowest BCUT2D eigenvalue weighted by atomic mass is 10.4. The quantitative estimate of drug-likeness (QED) is 0.541. The van der Waals surface area contributed by atoms with Crippen LogP contribution in [0.1, 0.15) is 0 Å². The Labute approximate surface area is 75.6 Å². The van der Waals surface area contributed by atoms with E-state index >= 15 is 0 Å². The highest BCUT2D eigenvalue weighted by Gasteiger charge is 2.04. The van der Waals surface area contributed by atoms with E-state index in [4.69, 9.17) is 5.73 Å². The molecule has 12 heavy (non-hydrogen) atoms. The minimum absolute atomic E-state index is 0.217. The molecule has 0 atom stereocenters. The number of hydrogen-bond donors (Lipinski definition) is 1. The van der Waals surface area contributed by atoms with Gasteiger partial charge in [0.05, 0.1) is 4.90 Å². The second-order valence-electron chi connectivity index (χ2n) is 2.32. The van der Waals surface area contributed by atoms with Crippen molar-refractivity contribution in [1.82, 2.24) is 0 Å². The molecule has 2 N–H and O–H groups in total. The summed E-state index contributed by atoms with van der Waals surface area (Å²) in [6.45, 7) is 0.217. The van der Waals surface area contributed by atoms with Crippen LogP contribution < -0.4 is 10.3 Å². The van der Waals surface area contributed by atoms with E-state index in [2.05, 4.69) is 6.26 Å². The number of aromatic nitrogens is 1. The fourth-order valence-corrected chi connectivity index (χ4v) is 1.25. The highest BCUT2D eigenvalue weighted by atomic mass is 32.2. The molecule has 0 aliphatic carbocycles. The maximum absolute atomic E-state index is 10.5. The molecule has 1 aromatic heterocycles. The highest BCUT2D eigenvalue weighted by Crippen LogP contribution is 2.11. The normalized spacial score (nSPS) is 9.75. The maximum atomic E-state index is 10.5. The Morgan fingerprint density at radius 1 is 1.75 bits per heavy atom. The number of nitrogens with zero attached hydrogens (tertiary/aromatic N) is 1. The fraction of sp³-hybridized carbons (Fsp3) is 0.125. The van der Waals surface area contributed by atoms with Crippen molar-refractivity contribution in [1.29, 1.82) is 0 Å². The molecule has 63 valence electrons. The van der Waals surface area contributed by atoms with Crippen LogP contribution in [0, 0.1) is 6.26 Å². The van der Waals surface area contributed by atoms with Crippen molar-refractivity contribution < 1.29 is 9.36 Å². The molecule has 1 rings (SSSR count). The lowest BCUT2D eigenvalue weighted by molar-refractivity contribution is -0.686. The van der Waals surface area contributed by atoms with Crippen molar-refractivity contribution in [2.45, 2.75) is 11.4 Å². The number of thioether (sulfide) groups is 1. The van der Waals surface area contributed by atoms with E-state index < -0.39 is 0 Å². The Morgan fingerprint density at radius 2 is 2.50 bits per heavy atom. The molecule has 0 bridgehead atoms. The first-order valence-corrected chi connectivity index (χ1v) is 4.40. The zero-order valence-corrected chi connectivity index (χ0v) is 7.38. The molecule has 1 radical (unpaired) electrons. The number of rotatable bonds is 3. The summed E-state index contributed by atoms with van der Waals surface area (Å²) in [4.78, 5) is 11.6. The topological polar surface area (TPSA) is 47.0 Å². The van der Waals surface area contributed by atoms with E-state index in [1.807, 2.05) is 18.3 Å². The van der Waals surface area contributed by atoms with Crippen molar-refractivity contribution in [2.24, 2.45) is 5.73 Å². The first-order chi connectivity index (χ1) is 5.72. The maximum Gasteiger partial charge on any atom is 0.283 e. The summed E-state index contributed by atoms with van der Waals surface area (Å²) < 4.78 is 1.73. The van der Waals surface area contributed by atoms with Crippen molar-refractivity contribution in [2.75, 3.05) is 0 Å². The number of nitrogens with two attached hydrogens (primary N) is 1. The summed E-state index contributed by atoms with van der Waals surface area (Å²) in [7, 11) is 0. The predicted octanol–water partition coefficient (Wildman–Crippen LogP) is 0.343. The number of pyridine rings is 1. The predicted molar refractivity (Wildman–Crippen MR) is 47.0 cm³/mol. The number of carbonyl (C=O) groups is 1. The van der Waals surface area contributed by atoms with Crippen LogP contribution in [0.25, 0.3) is 0 Å². The Kier molecular flexibility index (Phi) is 3.10. The molecule has 0 saturated carbocycles. The van der Waals surface area contributed by atoms with Gasteiger partial charge in [0, 0.05) is 12.3 Å². The number of primary amides is 1. The van der Waals surface area contributed by atoms with Gasteiger partial charge in [0.25, 0.3) is 5.91 Å². The van der Waals surface area contributed by atoms with Gasteiger partial charge in [-0.15, -0.1) is 11.8 Å². The van der Waals surface area contributed by atoms with Crippen LogP contribution in [0.3, 0.4) is 0 Å². The Bertz CT molecular complexity index is 288. The molecule has 1 heterocycles. The van der Waals surface area contributed by atoms with Gasteiger partial charge in [0.2, 0.25) is 6.54 Å². The first kappa shape index (κ1) is 9.06. The van der Waals surface area contributed by atoms with E-state index in [0.717, 1.165) is 4.90 Å². The highest BCUT2D eigenvalue weighted by molar-refractivity contribution is 8.00. The van der Waals surface area contributed by atoms with Crippen molar-refractivity contribution in [3.8, 4) is 0 Å². The second kappa shape index (κ2) is 4.11. The number of carbonyl (C=O) groups excluding carboxylic acids is 1. The van der Waals surface area contributed by atoms with Gasteiger partial charge in [-0.05, 0) is 6.07 Å².